The highest BCUT2D eigenvalue weighted by atomic mass is 16.8. The predicted molar refractivity (Wildman–Crippen MR) is 323 cm³/mol. The molecule has 6 aliphatic rings. The zero-order valence-electron chi connectivity index (χ0n) is 54.6. The Labute approximate surface area is 537 Å². The number of allylic oxidation sites excluding steroid dienone is 6. The van der Waals surface area contributed by atoms with Crippen molar-refractivity contribution in [1.82, 2.24) is 4.90 Å². The number of esters is 1. The standard InChI is InChI=1S/C65H101NO26/c1-34-16-12-11-13-17-35(2)46(82-8)30-42-21-19-40(7)65(81,91-42)58(76)59(77)66-23-15-14-18-43(66)60(78)88-47(31-44(68)36(3)27-39(6)51(70)56(84-10)50(69)38(5)26-34)37(4)28-41-20-22-45(48(29-41)83-9)85-24-25-86-63(80)92-64(33-67)57(75)52(71)49(32-87-64)89-62-55(74)53(72)54(73)61(79)90-62/h11-13,16-17,27,34,36-38,40-43,45-49,51-57,61-62,67,70-75,79,81H,14-15,18-26,28-33H2,1-10H3/b13-11+,16-12-,35-17+,39-27+/t34-,36-,37-,38-,40-,41?,42+,43?,45-,46+,47+,48-,49?,51-,52-,53+,54+,55-,56+,57+,61+,62?,64-,65-/m1/s1. The number of aliphatic hydroxyl groups excluding tert-OH is 8. The first-order chi connectivity index (χ1) is 43.5. The number of carbonyl (C=O) groups is 6. The van der Waals surface area contributed by atoms with Gasteiger partial charge in [-0.05, 0) is 107 Å². The van der Waals surface area contributed by atoms with Crippen LogP contribution in [0.3, 0.4) is 0 Å². The van der Waals surface area contributed by atoms with Crippen LogP contribution in [0.2, 0.25) is 0 Å². The molecule has 0 radical (unpaired) electrons. The van der Waals surface area contributed by atoms with E-state index in [9.17, 15) is 74.7 Å². The molecule has 27 nitrogen and oxygen atoms in total. The monoisotopic (exact) mass is 1310 g/mol. The fourth-order valence-corrected chi connectivity index (χ4v) is 13.2. The Morgan fingerprint density at radius 2 is 1.51 bits per heavy atom. The van der Waals surface area contributed by atoms with Gasteiger partial charge in [0.1, 0.15) is 73.9 Å². The molecule has 27 heteroatoms. The molecule has 0 aromatic rings. The van der Waals surface area contributed by atoms with E-state index in [0.717, 1.165) is 10.5 Å². The number of hydrogen-bond donors (Lipinski definition) is 9. The van der Waals surface area contributed by atoms with E-state index in [1.54, 1.807) is 40.9 Å². The van der Waals surface area contributed by atoms with Gasteiger partial charge in [0, 0.05) is 58.5 Å². The van der Waals surface area contributed by atoms with E-state index in [4.69, 9.17) is 52.1 Å². The van der Waals surface area contributed by atoms with Crippen molar-refractivity contribution >= 4 is 35.4 Å². The SMILES string of the molecule is CO[C@H]1C[C@@H]2CC[C@@H](C)[C@@](O)(O2)C(=O)C(=O)N2CCCCC2C(=O)O[C@H]([C@H](C)CC2CC[C@@H](OCCOC(=O)O[C@@]3(CO)OCC(OC4O[C@H](O)[C@@H](O)[C@H](O)[C@H]4O)[C@@H](O)[C@@H]3O)[C@H](OC)C2)CC(=O)[C@H](C)/C=C(\C)[C@@H](O)[C@@H](OC)C(=O)[C@H](C)C[C@H](C)\C=C/C=C/C=C/1C. The van der Waals surface area contributed by atoms with Crippen LogP contribution in [0.4, 0.5) is 4.79 Å². The molecule has 5 fully saturated rings. The molecular weight excluding hydrogens is 1210 g/mol. The van der Waals surface area contributed by atoms with E-state index in [2.05, 4.69) is 0 Å². The summed E-state index contributed by atoms with van der Waals surface area (Å²) in [7, 11) is 4.40. The van der Waals surface area contributed by atoms with Crippen molar-refractivity contribution in [3.8, 4) is 0 Å². The summed E-state index contributed by atoms with van der Waals surface area (Å²) in [5, 5.41) is 95.6. The van der Waals surface area contributed by atoms with Crippen LogP contribution in [0.15, 0.2) is 47.6 Å². The lowest BCUT2D eigenvalue weighted by Gasteiger charge is -2.46. The molecule has 5 heterocycles. The van der Waals surface area contributed by atoms with E-state index >= 15 is 0 Å². The molecule has 6 rings (SSSR count). The largest absolute Gasteiger partial charge is 0.511 e. The minimum Gasteiger partial charge on any atom is -0.460 e. The van der Waals surface area contributed by atoms with Gasteiger partial charge in [0.15, 0.2) is 24.5 Å². The molecule has 24 atom stereocenters. The molecule has 0 aromatic heterocycles. The van der Waals surface area contributed by atoms with E-state index in [0.29, 0.717) is 63.4 Å². The van der Waals surface area contributed by atoms with Crippen molar-refractivity contribution < 1.29 is 127 Å². The highest BCUT2D eigenvalue weighted by Crippen LogP contribution is 2.39. The molecule has 92 heavy (non-hydrogen) atoms. The van der Waals surface area contributed by atoms with Crippen molar-refractivity contribution in [3.05, 3.63) is 47.6 Å². The Bertz CT molecular complexity index is 2580. The number of cyclic esters (lactones) is 1. The summed E-state index contributed by atoms with van der Waals surface area (Å²) in [6.07, 6.45) is -7.15. The van der Waals surface area contributed by atoms with Crippen LogP contribution in [-0.2, 0) is 76.1 Å². The van der Waals surface area contributed by atoms with Crippen LogP contribution in [0.5, 0.6) is 0 Å². The second kappa shape index (κ2) is 35.0. The third-order valence-corrected chi connectivity index (χ3v) is 19.1. The number of amides is 1. The van der Waals surface area contributed by atoms with Gasteiger partial charge in [-0.3, -0.25) is 19.2 Å². The molecule has 4 saturated heterocycles. The third-order valence-electron chi connectivity index (χ3n) is 19.1. The van der Waals surface area contributed by atoms with Crippen LogP contribution in [0, 0.1) is 35.5 Å². The zero-order chi connectivity index (χ0) is 67.9. The molecule has 0 aromatic carbocycles. The lowest BCUT2D eigenvalue weighted by Crippen LogP contribution is -2.66. The summed E-state index contributed by atoms with van der Waals surface area (Å²) in [4.78, 5) is 86.0. The van der Waals surface area contributed by atoms with Crippen molar-refractivity contribution in [3.63, 3.8) is 0 Å². The van der Waals surface area contributed by atoms with Gasteiger partial charge in [-0.1, -0.05) is 71.1 Å². The van der Waals surface area contributed by atoms with Crippen LogP contribution in [0.1, 0.15) is 126 Å². The molecule has 2 bridgehead atoms. The normalized spacial score (nSPS) is 42.1. The first kappa shape index (κ1) is 76.5. The van der Waals surface area contributed by atoms with Crippen LogP contribution in [0.25, 0.3) is 0 Å². The van der Waals surface area contributed by atoms with Gasteiger partial charge < -0.3 is 103 Å². The number of methoxy groups -OCH3 is 3. The Kier molecular flexibility index (Phi) is 29.1. The van der Waals surface area contributed by atoms with E-state index in [-0.39, 0.29) is 55.8 Å². The fourth-order valence-electron chi connectivity index (χ4n) is 13.2. The number of ketones is 3. The summed E-state index contributed by atoms with van der Waals surface area (Å²) < 4.78 is 62.1. The number of piperidine rings is 1. The molecule has 522 valence electrons. The molecule has 1 saturated carbocycles. The van der Waals surface area contributed by atoms with Gasteiger partial charge >= 0.3 is 12.1 Å². The molecule has 1 amide bonds. The van der Waals surface area contributed by atoms with E-state index in [1.165, 1.54) is 14.2 Å². The number of rotatable bonds is 14. The lowest BCUT2D eigenvalue weighted by atomic mass is 9.78. The maximum Gasteiger partial charge on any atom is 0.511 e. The van der Waals surface area contributed by atoms with Gasteiger partial charge in [0.05, 0.1) is 37.6 Å². The first-order valence-electron chi connectivity index (χ1n) is 32.1. The van der Waals surface area contributed by atoms with Gasteiger partial charge in [0.2, 0.25) is 5.79 Å². The molecule has 4 unspecified atom stereocenters. The number of nitrogens with zero attached hydrogens (tertiary/aromatic N) is 1. The predicted octanol–water partition coefficient (Wildman–Crippen LogP) is 1.94. The van der Waals surface area contributed by atoms with Gasteiger partial charge in [-0.25, -0.2) is 9.59 Å². The molecule has 5 aliphatic heterocycles. The Morgan fingerprint density at radius 3 is 2.20 bits per heavy atom. The second-order valence-electron chi connectivity index (χ2n) is 25.9. The van der Waals surface area contributed by atoms with Crippen molar-refractivity contribution in [2.24, 2.45) is 35.5 Å². The van der Waals surface area contributed by atoms with E-state index < -0.39 is 177 Å². The topological polar surface area (TPSA) is 389 Å². The van der Waals surface area contributed by atoms with Crippen molar-refractivity contribution in [2.75, 3.05) is 54.3 Å². The summed E-state index contributed by atoms with van der Waals surface area (Å²) in [6, 6.07) is -1.25. The van der Waals surface area contributed by atoms with Gasteiger partial charge in [-0.15, -0.1) is 0 Å². The highest BCUT2D eigenvalue weighted by Gasteiger charge is 2.56. The summed E-state index contributed by atoms with van der Waals surface area (Å²) in [5.41, 5.74) is 1.16. The van der Waals surface area contributed by atoms with Crippen molar-refractivity contribution in [2.45, 2.75) is 235 Å². The third kappa shape index (κ3) is 19.2. The van der Waals surface area contributed by atoms with Gasteiger partial charge in [0.25, 0.3) is 17.5 Å². The minimum absolute atomic E-state index is 0.00796. The van der Waals surface area contributed by atoms with Crippen LogP contribution in [-0.4, -0.2) is 250 Å². The fraction of sp³-hybridized carbons (Fsp3) is 0.785. The Balaban J connectivity index is 1.14. The number of aliphatic hydroxyl groups is 9. The van der Waals surface area contributed by atoms with Crippen LogP contribution < -0.4 is 0 Å². The zero-order valence-corrected chi connectivity index (χ0v) is 54.6. The Morgan fingerprint density at radius 1 is 0.783 bits per heavy atom. The summed E-state index contributed by atoms with van der Waals surface area (Å²) in [6.45, 7) is 9.96. The Hall–Kier alpha value is -4.50. The second-order valence-corrected chi connectivity index (χ2v) is 25.9. The first-order valence-corrected chi connectivity index (χ1v) is 32.1. The number of Topliss-reactive ketones (excluding diaryl/α,β-unsaturated/α-hetero) is 3. The quantitative estimate of drug-likeness (QED) is 0.0519. The van der Waals surface area contributed by atoms with E-state index in [1.807, 2.05) is 51.2 Å². The molecule has 1 aliphatic carbocycles. The number of carbonyl (C=O) groups excluding carboxylic acids is 6. The summed E-state index contributed by atoms with van der Waals surface area (Å²) >= 11 is 0. The lowest BCUT2D eigenvalue weighted by molar-refractivity contribution is -0.381. The minimum atomic E-state index is -2.55. The average molecular weight is 1310 g/mol. The molecular formula is C65H101NO26. The maximum atomic E-state index is 14.7. The highest BCUT2D eigenvalue weighted by molar-refractivity contribution is 6.39. The molecule has 9 N–H and O–H groups in total. The number of ether oxygens (including phenoxy) is 11. The van der Waals surface area contributed by atoms with Crippen molar-refractivity contribution in [1.29, 1.82) is 0 Å². The number of fused-ring (bicyclic) bond motifs is 3. The summed E-state index contributed by atoms with van der Waals surface area (Å²) in [5.74, 6) is -11.6. The smallest absolute Gasteiger partial charge is 0.460 e. The average Bonchev–Trinajstić information content (AvgIpc) is 0.805. The molecule has 0 spiro atoms. The van der Waals surface area contributed by atoms with Gasteiger partial charge in [-0.2, -0.15) is 0 Å². The number of hydrogen-bond acceptors (Lipinski definition) is 26. The maximum absolute atomic E-state index is 14.7. The van der Waals surface area contributed by atoms with Crippen LogP contribution >= 0.6 is 0 Å².